The minimum atomic E-state index is -4.79. The molecule has 0 bridgehead atoms. The van der Waals surface area contributed by atoms with Crippen LogP contribution in [0.25, 0.3) is 174 Å². The molecule has 0 aliphatic carbocycles. The number of benzene rings is 12. The first-order valence-corrected chi connectivity index (χ1v) is 42.6. The maximum absolute atomic E-state index is 14.6. The predicted molar refractivity (Wildman–Crippen MR) is 484 cm³/mol. The van der Waals surface area contributed by atoms with Crippen LogP contribution in [-0.2, 0) is 19.3 Å². The lowest BCUT2D eigenvalue weighted by molar-refractivity contribution is -0.134. The first kappa shape index (κ1) is 80.4. The topological polar surface area (TPSA) is 274 Å². The van der Waals surface area contributed by atoms with Crippen molar-refractivity contribution in [3.8, 4) is 23.0 Å². The fourth-order valence-electron chi connectivity index (χ4n) is 18.0. The number of H-pyrrole nitrogens is 8. The molecule has 22 nitrogen and oxygen atoms in total. The van der Waals surface area contributed by atoms with Gasteiger partial charge in [0.15, 0.2) is 28.8 Å². The SMILES string of the molecule is Cc1nnn(CCOc2c3[nH]c4ccc(Cl)cc4c3cc3c2[nH]c2ccc(Cl)cc23)n1.Cc1nnnn1CCOc1c2[nH]c3ccc(Cl)cc3c2cc2c1[nH]c1ccc(Cl)cc12.Fc1ccc2[nH]c3c(OCC4CCCN4)c4[nH]c5ccc(F)cc5c4c(C(F)(F)F)c3c2c1.Fc1ccc2[nH]c3c(OCC4CCCNC4)c4[nH]c5ccc(F)cc5c4c(Cl)c3c2c1. The summed E-state index contributed by atoms with van der Waals surface area (Å²) >= 11 is 32.1. The molecule has 2 aliphatic heterocycles. The molecular weight excluding hydrogens is 1730 g/mol. The average Bonchev–Trinajstić information content (AvgIpc) is 1.55. The molecule has 12 heterocycles. The Balaban J connectivity index is 0.000000103. The number of hydrogen-bond donors (Lipinski definition) is 10. The Morgan fingerprint density at radius 3 is 1.16 bits per heavy atom. The Labute approximate surface area is 731 Å². The second-order valence-electron chi connectivity index (χ2n) is 31.7. The van der Waals surface area contributed by atoms with Gasteiger partial charge in [0, 0.05) is 169 Å². The Morgan fingerprint density at radius 2 is 0.778 bits per heavy atom. The molecular formula is C92H70Cl5F7N18O4. The van der Waals surface area contributed by atoms with E-state index in [2.05, 4.69) is 93.6 Å². The monoisotopic (exact) mass is 1800 g/mol. The van der Waals surface area contributed by atoms with E-state index in [4.69, 9.17) is 77.0 Å². The van der Waals surface area contributed by atoms with Crippen molar-refractivity contribution in [3.05, 3.63) is 223 Å². The van der Waals surface area contributed by atoms with Crippen molar-refractivity contribution in [2.24, 2.45) is 5.92 Å². The van der Waals surface area contributed by atoms with Crippen molar-refractivity contribution in [2.45, 2.75) is 64.8 Å². The highest BCUT2D eigenvalue weighted by atomic mass is 35.5. The van der Waals surface area contributed by atoms with Gasteiger partial charge in [-0.3, -0.25) is 0 Å². The predicted octanol–water partition coefficient (Wildman–Crippen LogP) is 23.9. The van der Waals surface area contributed by atoms with Crippen molar-refractivity contribution in [1.29, 1.82) is 0 Å². The Kier molecular flexibility index (Phi) is 20.4. The zero-order valence-electron chi connectivity index (χ0n) is 66.6. The fraction of sp³-hybridized carbons (Fsp3) is 0.196. The minimum absolute atomic E-state index is 0.0704. The molecule has 0 saturated carbocycles. The molecule has 24 rings (SSSR count). The third-order valence-electron chi connectivity index (χ3n) is 23.7. The highest BCUT2D eigenvalue weighted by Gasteiger charge is 2.40. The highest BCUT2D eigenvalue weighted by molar-refractivity contribution is 6.46. The molecule has 34 heteroatoms. The van der Waals surface area contributed by atoms with E-state index in [-0.39, 0.29) is 62.6 Å². The van der Waals surface area contributed by atoms with Crippen LogP contribution in [0.2, 0.25) is 25.1 Å². The summed E-state index contributed by atoms with van der Waals surface area (Å²) in [5, 5.41) is 44.5. The van der Waals surface area contributed by atoms with Crippen LogP contribution in [0.1, 0.15) is 42.9 Å². The van der Waals surface area contributed by atoms with Crippen LogP contribution < -0.4 is 29.6 Å². The summed E-state index contributed by atoms with van der Waals surface area (Å²) in [7, 11) is 0. The summed E-state index contributed by atoms with van der Waals surface area (Å²) in [6, 6.07) is 44.2. The molecule has 0 amide bonds. The smallest absolute Gasteiger partial charge is 0.417 e. The fourth-order valence-corrected chi connectivity index (χ4v) is 19.0. The number of nitrogens with zero attached hydrogens (tertiary/aromatic N) is 8. The molecule has 2 saturated heterocycles. The standard InChI is InChI=1S/C24H20ClF2N3O.C24H18F5N3O.2C22H16Cl2N6O/c25-21-19-15-8-13(26)3-5-17(15)29-22(19)24(31-11-12-2-1-7-28-10-12)23-20(21)16-9-14(27)4-6-18(16)30-23;25-11-3-5-16-14(8-11)18-20(24(27,28)29)19-15-9-12(26)4-6-17(15)32-22(19)23(21(18)31-16)33-10-13-2-1-7-30-13;1-11-27-28-29-30(11)6-7-31-22-20-16(14-8-12(23)2-4-18(14)25-20)10-17-15-9-13(24)3-5-19(15)26-21(17)22;1-11-27-29-30(28-11)6-7-31-22-20-16(14-8-12(23)2-4-18(14)25-20)10-17-15-9-13(24)3-5-19(15)26-21(17)22/h3-6,8-9,12,28-30H,1-2,7,10-11H2;3-6,8-9,13,30-32H,1-2,7,10H2;2*2-5,8-10,25-26H,6-7H2,1H3. The van der Waals surface area contributed by atoms with Gasteiger partial charge in [0.25, 0.3) is 0 Å². The molecule has 12 aromatic carbocycles. The van der Waals surface area contributed by atoms with E-state index in [0.717, 1.165) is 173 Å². The summed E-state index contributed by atoms with van der Waals surface area (Å²) in [6.45, 7) is 9.08. The quantitative estimate of drug-likeness (QED) is 0.0455. The number of piperidine rings is 1. The van der Waals surface area contributed by atoms with Gasteiger partial charge in [0.1, 0.15) is 48.9 Å². The van der Waals surface area contributed by atoms with E-state index in [1.807, 2.05) is 79.7 Å². The minimum Gasteiger partial charge on any atom is -0.489 e. The van der Waals surface area contributed by atoms with Crippen molar-refractivity contribution in [1.82, 2.24) is 90.9 Å². The maximum Gasteiger partial charge on any atom is 0.417 e. The Morgan fingerprint density at radius 1 is 0.397 bits per heavy atom. The molecule has 0 spiro atoms. The Hall–Kier alpha value is -12.7. The van der Waals surface area contributed by atoms with Crippen LogP contribution in [0.5, 0.6) is 23.0 Å². The summed E-state index contributed by atoms with van der Waals surface area (Å²) in [5.41, 5.74) is 10.6. The number of rotatable bonds is 14. The molecule has 22 aromatic rings. The number of aromatic nitrogens is 16. The number of hydrogen-bond acceptors (Lipinski definition) is 12. The average molecular weight is 1800 g/mol. The maximum atomic E-state index is 14.6. The largest absolute Gasteiger partial charge is 0.489 e. The zero-order valence-corrected chi connectivity index (χ0v) is 70.4. The van der Waals surface area contributed by atoms with E-state index in [9.17, 15) is 30.7 Å². The lowest BCUT2D eigenvalue weighted by Gasteiger charge is -2.23. The number of alkyl halides is 3. The second kappa shape index (κ2) is 32.0. The molecule has 2 aliphatic rings. The molecule has 0 radical (unpaired) electrons. The van der Waals surface area contributed by atoms with E-state index in [0.29, 0.717) is 119 Å². The van der Waals surface area contributed by atoms with Gasteiger partial charge in [-0.25, -0.2) is 22.2 Å². The third kappa shape index (κ3) is 14.5. The summed E-state index contributed by atoms with van der Waals surface area (Å²) in [6.07, 6.45) is -0.684. The number of tetrazole rings is 2. The summed E-state index contributed by atoms with van der Waals surface area (Å²) in [5.74, 6) is 2.11. The van der Waals surface area contributed by atoms with Gasteiger partial charge >= 0.3 is 6.18 Å². The number of aromatic amines is 8. The number of aryl methyl sites for hydroxylation is 2. The van der Waals surface area contributed by atoms with Crippen molar-refractivity contribution < 1.29 is 49.7 Å². The van der Waals surface area contributed by atoms with Crippen molar-refractivity contribution in [3.63, 3.8) is 0 Å². The van der Waals surface area contributed by atoms with Gasteiger partial charge < -0.3 is 69.5 Å². The van der Waals surface area contributed by atoms with Crippen LogP contribution in [0.3, 0.4) is 0 Å². The second-order valence-corrected chi connectivity index (χ2v) is 33.8. The highest BCUT2D eigenvalue weighted by Crippen LogP contribution is 2.52. The number of fused-ring (bicyclic) bond motifs is 24. The van der Waals surface area contributed by atoms with Crippen LogP contribution in [0.15, 0.2) is 158 Å². The Bertz CT molecular complexity index is 7750. The van der Waals surface area contributed by atoms with Crippen molar-refractivity contribution in [2.75, 3.05) is 46.1 Å². The first-order valence-electron chi connectivity index (χ1n) is 40.7. The van der Waals surface area contributed by atoms with Crippen molar-refractivity contribution >= 4 is 232 Å². The van der Waals surface area contributed by atoms with Crippen LogP contribution in [-0.4, -0.2) is 132 Å². The molecule has 2 fully saturated rings. The molecule has 10 N–H and O–H groups in total. The third-order valence-corrected chi connectivity index (χ3v) is 25.0. The normalized spacial score (nSPS) is 14.7. The number of nitrogens with one attached hydrogen (secondary N) is 10. The van der Waals surface area contributed by atoms with Gasteiger partial charge in [-0.2, -0.15) is 18.0 Å². The lowest BCUT2D eigenvalue weighted by Crippen LogP contribution is -2.33. The van der Waals surface area contributed by atoms with Crippen LogP contribution >= 0.6 is 58.0 Å². The molecule has 636 valence electrons. The number of halogens is 12. The zero-order chi connectivity index (χ0) is 86.2. The molecule has 126 heavy (non-hydrogen) atoms. The van der Waals surface area contributed by atoms with Gasteiger partial charge in [-0.15, -0.1) is 15.3 Å². The molecule has 2 unspecified atom stereocenters. The first-order chi connectivity index (χ1) is 61.1. The van der Waals surface area contributed by atoms with E-state index >= 15 is 0 Å². The van der Waals surface area contributed by atoms with Gasteiger partial charge in [-0.1, -0.05) is 58.0 Å². The summed E-state index contributed by atoms with van der Waals surface area (Å²) in [4.78, 5) is 28.3. The van der Waals surface area contributed by atoms with Gasteiger partial charge in [-0.05, 0) is 226 Å². The van der Waals surface area contributed by atoms with Gasteiger partial charge in [0.2, 0.25) is 0 Å². The van der Waals surface area contributed by atoms with E-state index in [1.54, 1.807) is 23.7 Å². The molecule has 10 aromatic heterocycles. The van der Waals surface area contributed by atoms with Gasteiger partial charge in [0.05, 0.1) is 74.4 Å². The van der Waals surface area contributed by atoms with E-state index in [1.165, 1.54) is 53.3 Å². The number of ether oxygens (including phenoxy) is 4. The van der Waals surface area contributed by atoms with E-state index < -0.39 is 23.4 Å². The van der Waals surface area contributed by atoms with Crippen LogP contribution in [0, 0.1) is 43.0 Å². The summed E-state index contributed by atoms with van der Waals surface area (Å²) < 4.78 is 127. The lowest BCUT2D eigenvalue weighted by atomic mass is 9.98. The molecule has 2 atom stereocenters. The van der Waals surface area contributed by atoms with Crippen LogP contribution in [0.4, 0.5) is 30.7 Å².